The second-order valence-corrected chi connectivity index (χ2v) is 8.84. The van der Waals surface area contributed by atoms with Gasteiger partial charge in [-0.1, -0.05) is 60.7 Å². The fraction of sp³-hybridized carbons (Fsp3) is 0.333. The normalized spacial score (nSPS) is 17.8. The van der Waals surface area contributed by atoms with Crippen molar-refractivity contribution >= 4 is 17.6 Å². The number of carbonyl (C=O) groups is 2. The molecule has 2 amide bonds. The Morgan fingerprint density at radius 1 is 0.970 bits per heavy atom. The summed E-state index contributed by atoms with van der Waals surface area (Å²) in [6, 6.07) is 19.7. The maximum atomic E-state index is 13.1. The van der Waals surface area contributed by atoms with Crippen LogP contribution in [0.4, 0.5) is 5.82 Å². The maximum Gasteiger partial charge on any atom is 0.228 e. The number of benzene rings is 2. The number of nitrogens with zero attached hydrogens (tertiary/aromatic N) is 4. The SMILES string of the molecule is Cc1nc(C2CCCN2C(=O)Cc2ccccc2)nc2c1CCC(=O)N2Cc1ccccc1. The third-order valence-electron chi connectivity index (χ3n) is 6.61. The monoisotopic (exact) mass is 440 g/mol. The Hall–Kier alpha value is -3.54. The molecule has 33 heavy (non-hydrogen) atoms. The van der Waals surface area contributed by atoms with E-state index in [0.717, 1.165) is 35.2 Å². The van der Waals surface area contributed by atoms with Crippen LogP contribution < -0.4 is 4.90 Å². The predicted molar refractivity (Wildman–Crippen MR) is 127 cm³/mol. The van der Waals surface area contributed by atoms with E-state index in [9.17, 15) is 9.59 Å². The molecule has 0 N–H and O–H groups in total. The Balaban J connectivity index is 1.45. The fourth-order valence-corrected chi connectivity index (χ4v) is 4.89. The Morgan fingerprint density at radius 3 is 2.39 bits per heavy atom. The van der Waals surface area contributed by atoms with Crippen LogP contribution in [0.3, 0.4) is 0 Å². The van der Waals surface area contributed by atoms with Gasteiger partial charge in [0.05, 0.1) is 19.0 Å². The standard InChI is InChI=1S/C27H28N4O2/c1-19-22-14-15-24(32)31(18-21-11-6-3-7-12-21)27(22)29-26(28-19)23-13-8-16-30(23)25(33)17-20-9-4-2-5-10-20/h2-7,9-12,23H,8,13-18H2,1H3. The molecule has 3 heterocycles. The van der Waals surface area contributed by atoms with E-state index < -0.39 is 0 Å². The second-order valence-electron chi connectivity index (χ2n) is 8.84. The van der Waals surface area contributed by atoms with E-state index in [1.807, 2.05) is 72.5 Å². The number of aryl methyl sites for hydroxylation is 1. The highest BCUT2D eigenvalue weighted by atomic mass is 16.2. The molecule has 2 aromatic carbocycles. The van der Waals surface area contributed by atoms with Gasteiger partial charge in [0.2, 0.25) is 11.8 Å². The average Bonchev–Trinajstić information content (AvgIpc) is 3.32. The van der Waals surface area contributed by atoms with Gasteiger partial charge >= 0.3 is 0 Å². The topological polar surface area (TPSA) is 66.4 Å². The lowest BCUT2D eigenvalue weighted by Crippen LogP contribution is -2.37. The molecule has 1 fully saturated rings. The van der Waals surface area contributed by atoms with Gasteiger partial charge in [-0.3, -0.25) is 14.5 Å². The number of aromatic nitrogens is 2. The molecular weight excluding hydrogens is 412 g/mol. The Morgan fingerprint density at radius 2 is 1.67 bits per heavy atom. The van der Waals surface area contributed by atoms with E-state index in [-0.39, 0.29) is 17.9 Å². The second kappa shape index (κ2) is 9.14. The zero-order chi connectivity index (χ0) is 22.8. The van der Waals surface area contributed by atoms with Gasteiger partial charge in [0.1, 0.15) is 5.82 Å². The van der Waals surface area contributed by atoms with Crippen LogP contribution in [0.1, 0.15) is 53.5 Å². The molecule has 1 aromatic heterocycles. The van der Waals surface area contributed by atoms with Gasteiger partial charge in [-0.25, -0.2) is 9.97 Å². The van der Waals surface area contributed by atoms with Gasteiger partial charge in [0, 0.05) is 24.2 Å². The number of hydrogen-bond acceptors (Lipinski definition) is 4. The van der Waals surface area contributed by atoms with Crippen LogP contribution in [-0.4, -0.2) is 33.2 Å². The van der Waals surface area contributed by atoms with E-state index in [1.165, 1.54) is 0 Å². The molecule has 1 saturated heterocycles. The number of likely N-dealkylation sites (tertiary alicyclic amines) is 1. The van der Waals surface area contributed by atoms with Crippen LogP contribution in [0.25, 0.3) is 0 Å². The zero-order valence-corrected chi connectivity index (χ0v) is 18.9. The lowest BCUT2D eigenvalue weighted by Gasteiger charge is -2.31. The van der Waals surface area contributed by atoms with Gasteiger partial charge in [0.15, 0.2) is 5.82 Å². The molecule has 3 aromatic rings. The molecule has 5 rings (SSSR count). The highest BCUT2D eigenvalue weighted by molar-refractivity contribution is 5.95. The van der Waals surface area contributed by atoms with Crippen molar-refractivity contribution in [1.82, 2.24) is 14.9 Å². The van der Waals surface area contributed by atoms with Crippen LogP contribution >= 0.6 is 0 Å². The van der Waals surface area contributed by atoms with Crippen molar-refractivity contribution in [3.63, 3.8) is 0 Å². The van der Waals surface area contributed by atoms with Crippen LogP contribution in [0, 0.1) is 6.92 Å². The third-order valence-corrected chi connectivity index (χ3v) is 6.61. The molecule has 1 atom stereocenters. The fourth-order valence-electron chi connectivity index (χ4n) is 4.89. The van der Waals surface area contributed by atoms with Gasteiger partial charge in [-0.05, 0) is 37.3 Å². The number of anilines is 1. The number of fused-ring (bicyclic) bond motifs is 1. The summed E-state index contributed by atoms with van der Waals surface area (Å²) in [5.74, 6) is 1.54. The van der Waals surface area contributed by atoms with Crippen molar-refractivity contribution in [2.75, 3.05) is 11.4 Å². The first-order valence-corrected chi connectivity index (χ1v) is 11.7. The number of hydrogen-bond donors (Lipinski definition) is 0. The molecule has 2 aliphatic rings. The summed E-state index contributed by atoms with van der Waals surface area (Å²) >= 11 is 0. The molecule has 0 saturated carbocycles. The minimum Gasteiger partial charge on any atom is -0.332 e. The molecule has 6 heteroatoms. The van der Waals surface area contributed by atoms with Gasteiger partial charge in [-0.2, -0.15) is 0 Å². The molecular formula is C27H28N4O2. The van der Waals surface area contributed by atoms with E-state index in [2.05, 4.69) is 0 Å². The average molecular weight is 441 g/mol. The minimum atomic E-state index is -0.152. The molecule has 0 radical (unpaired) electrons. The predicted octanol–water partition coefficient (Wildman–Crippen LogP) is 4.17. The van der Waals surface area contributed by atoms with E-state index in [0.29, 0.717) is 44.0 Å². The summed E-state index contributed by atoms with van der Waals surface area (Å²) in [4.78, 5) is 39.5. The summed E-state index contributed by atoms with van der Waals surface area (Å²) in [5.41, 5.74) is 4.02. The van der Waals surface area contributed by atoms with Crippen LogP contribution in [0.2, 0.25) is 0 Å². The van der Waals surface area contributed by atoms with Crippen LogP contribution in [-0.2, 0) is 29.0 Å². The van der Waals surface area contributed by atoms with Crippen molar-refractivity contribution in [3.05, 3.63) is 88.9 Å². The molecule has 0 spiro atoms. The highest BCUT2D eigenvalue weighted by Gasteiger charge is 2.35. The first-order valence-electron chi connectivity index (χ1n) is 11.7. The number of carbonyl (C=O) groups excluding carboxylic acids is 2. The first kappa shape index (κ1) is 21.3. The lowest BCUT2D eigenvalue weighted by atomic mass is 10.0. The van der Waals surface area contributed by atoms with E-state index >= 15 is 0 Å². The summed E-state index contributed by atoms with van der Waals surface area (Å²) < 4.78 is 0. The van der Waals surface area contributed by atoms with Crippen LogP contribution in [0.15, 0.2) is 60.7 Å². The Bertz CT molecular complexity index is 1160. The van der Waals surface area contributed by atoms with Crippen molar-refractivity contribution in [1.29, 1.82) is 0 Å². The smallest absolute Gasteiger partial charge is 0.228 e. The quantitative estimate of drug-likeness (QED) is 0.597. The molecule has 0 aliphatic carbocycles. The van der Waals surface area contributed by atoms with Crippen LogP contribution in [0.5, 0.6) is 0 Å². The van der Waals surface area contributed by atoms with E-state index in [1.54, 1.807) is 4.90 Å². The maximum absolute atomic E-state index is 13.1. The lowest BCUT2D eigenvalue weighted by molar-refractivity contribution is -0.131. The van der Waals surface area contributed by atoms with Gasteiger partial charge in [0.25, 0.3) is 0 Å². The van der Waals surface area contributed by atoms with Gasteiger partial charge < -0.3 is 4.90 Å². The summed E-state index contributed by atoms with van der Waals surface area (Å²) in [6.07, 6.45) is 3.27. The summed E-state index contributed by atoms with van der Waals surface area (Å²) in [7, 11) is 0. The zero-order valence-electron chi connectivity index (χ0n) is 18.9. The molecule has 6 nitrogen and oxygen atoms in total. The molecule has 1 unspecified atom stereocenters. The minimum absolute atomic E-state index is 0.0823. The largest absolute Gasteiger partial charge is 0.332 e. The summed E-state index contributed by atoms with van der Waals surface area (Å²) in [6.45, 7) is 3.19. The van der Waals surface area contributed by atoms with Crippen molar-refractivity contribution in [2.24, 2.45) is 0 Å². The molecule has 2 aliphatic heterocycles. The molecule has 0 bridgehead atoms. The highest BCUT2D eigenvalue weighted by Crippen LogP contribution is 2.35. The summed E-state index contributed by atoms with van der Waals surface area (Å²) in [5, 5.41) is 0. The van der Waals surface area contributed by atoms with Crippen molar-refractivity contribution in [2.45, 2.75) is 51.6 Å². The number of amides is 2. The van der Waals surface area contributed by atoms with Gasteiger partial charge in [-0.15, -0.1) is 0 Å². The number of rotatable bonds is 5. The van der Waals surface area contributed by atoms with Crippen molar-refractivity contribution < 1.29 is 9.59 Å². The van der Waals surface area contributed by atoms with Crippen molar-refractivity contribution in [3.8, 4) is 0 Å². The third kappa shape index (κ3) is 4.38. The first-order chi connectivity index (χ1) is 16.1. The Kier molecular flexibility index (Phi) is 5.90. The van der Waals surface area contributed by atoms with E-state index in [4.69, 9.17) is 9.97 Å². The molecule has 168 valence electrons. The Labute approximate surface area is 194 Å².